The van der Waals surface area contributed by atoms with Gasteiger partial charge in [0.2, 0.25) is 0 Å². The van der Waals surface area contributed by atoms with E-state index in [1.165, 1.54) is 19.2 Å². The molecule has 0 unspecified atom stereocenters. The molecule has 0 atom stereocenters. The third kappa shape index (κ3) is 3.42. The number of hydrogen-bond acceptors (Lipinski definition) is 6. The lowest BCUT2D eigenvalue weighted by Crippen LogP contribution is -2.13. The molecule has 0 heterocycles. The number of methoxy groups -OCH3 is 1. The third-order valence-electron chi connectivity index (χ3n) is 3.35. The predicted octanol–water partition coefficient (Wildman–Crippen LogP) is 2.99. The Bertz CT molecular complexity index is 860. The molecule has 0 saturated carbocycles. The largest absolute Gasteiger partial charge is 0.493 e. The van der Waals surface area contributed by atoms with Crippen molar-refractivity contribution in [2.24, 2.45) is 0 Å². The van der Waals surface area contributed by atoms with E-state index < -0.39 is 15.0 Å². The van der Waals surface area contributed by atoms with Crippen LogP contribution in [0.3, 0.4) is 0 Å². The van der Waals surface area contributed by atoms with E-state index in [2.05, 4.69) is 0 Å². The summed E-state index contributed by atoms with van der Waals surface area (Å²) in [5, 5.41) is 11.0. The molecule has 8 heteroatoms. The molecule has 0 saturated heterocycles. The highest BCUT2D eigenvalue weighted by Gasteiger charge is 2.25. The minimum Gasteiger partial charge on any atom is -0.493 e. The van der Waals surface area contributed by atoms with Crippen LogP contribution in [0.25, 0.3) is 0 Å². The maximum absolute atomic E-state index is 12.5. The van der Waals surface area contributed by atoms with Crippen molar-refractivity contribution in [3.63, 3.8) is 0 Å². The number of para-hydroxylation sites is 2. The molecule has 0 aliphatic carbocycles. The van der Waals surface area contributed by atoms with Gasteiger partial charge in [0.05, 0.1) is 12.0 Å². The van der Waals surface area contributed by atoms with E-state index in [1.54, 1.807) is 32.0 Å². The molecule has 0 radical (unpaired) electrons. The van der Waals surface area contributed by atoms with Crippen molar-refractivity contribution >= 4 is 15.8 Å². The van der Waals surface area contributed by atoms with Gasteiger partial charge in [0.15, 0.2) is 11.5 Å². The van der Waals surface area contributed by atoms with Gasteiger partial charge in [-0.1, -0.05) is 12.1 Å². The van der Waals surface area contributed by atoms with Crippen molar-refractivity contribution in [1.29, 1.82) is 0 Å². The van der Waals surface area contributed by atoms with Crippen LogP contribution in [0.2, 0.25) is 0 Å². The quantitative estimate of drug-likeness (QED) is 0.473. The van der Waals surface area contributed by atoms with Crippen LogP contribution in [0.4, 0.5) is 5.69 Å². The lowest BCUT2D eigenvalue weighted by molar-refractivity contribution is -0.385. The molecule has 2 rings (SSSR count). The van der Waals surface area contributed by atoms with Gasteiger partial charge in [-0.15, -0.1) is 0 Å². The standard InChI is InChI=1S/C15H15NO6S/c1-10-8-12(16(17)18)9-15(11(10)2)23(19,20)22-14-7-5-4-6-13(14)21-3/h4-9H,1-3H3. The first kappa shape index (κ1) is 16.8. The summed E-state index contributed by atoms with van der Waals surface area (Å²) in [5.74, 6) is 0.259. The maximum Gasteiger partial charge on any atom is 0.339 e. The smallest absolute Gasteiger partial charge is 0.339 e. The Morgan fingerprint density at radius 2 is 1.70 bits per heavy atom. The number of nitro benzene ring substituents is 1. The van der Waals surface area contributed by atoms with E-state index >= 15 is 0 Å². The van der Waals surface area contributed by atoms with Crippen LogP contribution >= 0.6 is 0 Å². The van der Waals surface area contributed by atoms with Crippen LogP contribution in [0.5, 0.6) is 11.5 Å². The Labute approximate surface area is 133 Å². The number of rotatable bonds is 5. The summed E-state index contributed by atoms with van der Waals surface area (Å²) >= 11 is 0. The molecule has 0 aliphatic heterocycles. The fraction of sp³-hybridized carbons (Fsp3) is 0.200. The van der Waals surface area contributed by atoms with Crippen molar-refractivity contribution in [3.8, 4) is 11.5 Å². The van der Waals surface area contributed by atoms with E-state index in [1.807, 2.05) is 0 Å². The van der Waals surface area contributed by atoms with Gasteiger partial charge >= 0.3 is 10.1 Å². The summed E-state index contributed by atoms with van der Waals surface area (Å²) in [7, 11) is -2.85. The van der Waals surface area contributed by atoms with Crippen molar-refractivity contribution < 1.29 is 22.3 Å². The minimum atomic E-state index is -4.24. The Morgan fingerprint density at radius 1 is 1.09 bits per heavy atom. The second-order valence-electron chi connectivity index (χ2n) is 4.83. The van der Waals surface area contributed by atoms with Crippen molar-refractivity contribution in [1.82, 2.24) is 0 Å². The lowest BCUT2D eigenvalue weighted by Gasteiger charge is -2.13. The van der Waals surface area contributed by atoms with E-state index in [4.69, 9.17) is 8.92 Å². The zero-order valence-corrected chi connectivity index (χ0v) is 13.6. The van der Waals surface area contributed by atoms with Crippen molar-refractivity contribution in [2.75, 3.05) is 7.11 Å². The van der Waals surface area contributed by atoms with Gasteiger partial charge in [0, 0.05) is 12.1 Å². The van der Waals surface area contributed by atoms with Crippen LogP contribution in [0.1, 0.15) is 11.1 Å². The highest BCUT2D eigenvalue weighted by Crippen LogP contribution is 2.32. The first-order chi connectivity index (χ1) is 10.8. The fourth-order valence-corrected chi connectivity index (χ4v) is 3.29. The van der Waals surface area contributed by atoms with Gasteiger partial charge in [-0.3, -0.25) is 10.1 Å². The molecule has 2 aromatic carbocycles. The van der Waals surface area contributed by atoms with Crippen LogP contribution < -0.4 is 8.92 Å². The van der Waals surface area contributed by atoms with Gasteiger partial charge < -0.3 is 8.92 Å². The zero-order chi connectivity index (χ0) is 17.2. The average molecular weight is 337 g/mol. The van der Waals surface area contributed by atoms with Crippen molar-refractivity contribution in [3.05, 3.63) is 57.6 Å². The van der Waals surface area contributed by atoms with Gasteiger partial charge in [0.1, 0.15) is 4.90 Å². The molecule has 0 N–H and O–H groups in total. The SMILES string of the molecule is COc1ccccc1OS(=O)(=O)c1cc([N+](=O)[O-])cc(C)c1C. The van der Waals surface area contributed by atoms with Crippen molar-refractivity contribution in [2.45, 2.75) is 18.7 Å². The average Bonchev–Trinajstić information content (AvgIpc) is 2.49. The predicted molar refractivity (Wildman–Crippen MR) is 83.4 cm³/mol. The fourth-order valence-electron chi connectivity index (χ4n) is 2.02. The van der Waals surface area contributed by atoms with E-state index in [9.17, 15) is 18.5 Å². The molecular formula is C15H15NO6S. The van der Waals surface area contributed by atoms with Gasteiger partial charge in [-0.25, -0.2) is 0 Å². The number of aryl methyl sites for hydroxylation is 1. The highest BCUT2D eigenvalue weighted by molar-refractivity contribution is 7.87. The Kier molecular flexibility index (Phi) is 4.55. The second kappa shape index (κ2) is 6.25. The number of nitro groups is 1. The van der Waals surface area contributed by atoms with E-state index in [0.717, 1.165) is 6.07 Å². The maximum atomic E-state index is 12.5. The van der Waals surface area contributed by atoms with E-state index in [0.29, 0.717) is 11.1 Å². The number of ether oxygens (including phenoxy) is 1. The van der Waals surface area contributed by atoms with Crippen LogP contribution in [-0.2, 0) is 10.1 Å². The molecule has 0 fully saturated rings. The molecule has 0 aromatic heterocycles. The molecule has 2 aromatic rings. The highest BCUT2D eigenvalue weighted by atomic mass is 32.2. The molecule has 122 valence electrons. The Morgan fingerprint density at radius 3 is 2.26 bits per heavy atom. The molecule has 7 nitrogen and oxygen atoms in total. The summed E-state index contributed by atoms with van der Waals surface area (Å²) in [6.07, 6.45) is 0. The van der Waals surface area contributed by atoms with Gasteiger partial charge in [-0.05, 0) is 37.1 Å². The Balaban J connectivity index is 2.54. The summed E-state index contributed by atoms with van der Waals surface area (Å²) < 4.78 is 35.2. The molecule has 0 bridgehead atoms. The number of nitrogens with zero attached hydrogens (tertiary/aromatic N) is 1. The molecule has 0 spiro atoms. The summed E-state index contributed by atoms with van der Waals surface area (Å²) in [5.41, 5.74) is 0.571. The van der Waals surface area contributed by atoms with Crippen LogP contribution in [0.15, 0.2) is 41.3 Å². The topological polar surface area (TPSA) is 95.7 Å². The normalized spacial score (nSPS) is 11.1. The first-order valence-corrected chi connectivity index (χ1v) is 8.00. The summed E-state index contributed by atoms with van der Waals surface area (Å²) in [4.78, 5) is 10.1. The molecule has 0 aliphatic rings. The third-order valence-corrected chi connectivity index (χ3v) is 4.71. The summed E-state index contributed by atoms with van der Waals surface area (Å²) in [6, 6.07) is 8.57. The van der Waals surface area contributed by atoms with E-state index in [-0.39, 0.29) is 22.1 Å². The Hall–Kier alpha value is -2.61. The molecule has 0 amide bonds. The zero-order valence-electron chi connectivity index (χ0n) is 12.8. The first-order valence-electron chi connectivity index (χ1n) is 6.59. The van der Waals surface area contributed by atoms with Crippen LogP contribution in [0, 0.1) is 24.0 Å². The van der Waals surface area contributed by atoms with Gasteiger partial charge in [-0.2, -0.15) is 8.42 Å². The second-order valence-corrected chi connectivity index (χ2v) is 6.35. The number of benzene rings is 2. The minimum absolute atomic E-state index is 0.0126. The number of hydrogen-bond donors (Lipinski definition) is 0. The van der Waals surface area contributed by atoms with Gasteiger partial charge in [0.25, 0.3) is 5.69 Å². The summed E-state index contributed by atoms with van der Waals surface area (Å²) in [6.45, 7) is 3.17. The molecule has 23 heavy (non-hydrogen) atoms. The van der Waals surface area contributed by atoms with Crippen LogP contribution in [-0.4, -0.2) is 20.5 Å². The number of non-ortho nitro benzene ring substituents is 1. The monoisotopic (exact) mass is 337 g/mol. The lowest BCUT2D eigenvalue weighted by atomic mass is 10.1. The molecular weight excluding hydrogens is 322 g/mol.